The van der Waals surface area contributed by atoms with Gasteiger partial charge in [0.05, 0.1) is 15.0 Å². The summed E-state index contributed by atoms with van der Waals surface area (Å²) < 4.78 is 8.32. The van der Waals surface area contributed by atoms with Crippen molar-refractivity contribution in [3.05, 3.63) is 26.6 Å². The van der Waals surface area contributed by atoms with E-state index in [4.69, 9.17) is 4.74 Å². The van der Waals surface area contributed by atoms with Crippen molar-refractivity contribution in [2.24, 2.45) is 5.92 Å². The monoisotopic (exact) mass is 417 g/mol. The minimum Gasteiger partial charge on any atom is -0.488 e. The smallest absolute Gasteiger partial charge is 0.148 e. The van der Waals surface area contributed by atoms with Crippen molar-refractivity contribution in [3.8, 4) is 5.75 Å². The van der Waals surface area contributed by atoms with Crippen LogP contribution in [0.15, 0.2) is 21.1 Å². The lowest BCUT2D eigenvalue weighted by molar-refractivity contribution is 0.134. The molecule has 1 N–H and O–H groups in total. The van der Waals surface area contributed by atoms with Crippen LogP contribution in [0.1, 0.15) is 51.5 Å². The molecule has 1 fully saturated rings. The lowest BCUT2D eigenvalue weighted by Crippen LogP contribution is -2.23. The van der Waals surface area contributed by atoms with Crippen molar-refractivity contribution >= 4 is 31.9 Å². The predicted molar refractivity (Wildman–Crippen MR) is 95.9 cm³/mol. The van der Waals surface area contributed by atoms with Gasteiger partial charge in [-0.15, -0.1) is 0 Å². The van der Waals surface area contributed by atoms with Crippen LogP contribution in [-0.4, -0.2) is 12.6 Å². The number of nitrogens with one attached hydrogen (secondary N) is 1. The average Bonchev–Trinajstić information content (AvgIpc) is 2.45. The standard InChI is InChI=1S/C17H25Br2NO/c1-3-8-20-11-13-9-15(18)17(16(19)10-13)21-14-6-4-12(2)5-7-14/h9-10,12,14,20H,3-8,11H2,1-2H3. The first-order chi connectivity index (χ1) is 10.1. The van der Waals surface area contributed by atoms with Crippen LogP contribution >= 0.6 is 31.9 Å². The van der Waals surface area contributed by atoms with E-state index in [-0.39, 0.29) is 0 Å². The maximum atomic E-state index is 6.23. The zero-order valence-corrected chi connectivity index (χ0v) is 16.1. The fraction of sp³-hybridized carbons (Fsp3) is 0.647. The van der Waals surface area contributed by atoms with E-state index in [1.54, 1.807) is 0 Å². The van der Waals surface area contributed by atoms with Crippen LogP contribution in [-0.2, 0) is 6.54 Å². The number of benzene rings is 1. The normalized spacial score (nSPS) is 22.3. The summed E-state index contributed by atoms with van der Waals surface area (Å²) in [7, 11) is 0. The van der Waals surface area contributed by atoms with E-state index < -0.39 is 0 Å². The molecule has 1 aromatic carbocycles. The Kier molecular flexibility index (Phi) is 7.03. The van der Waals surface area contributed by atoms with Gasteiger partial charge >= 0.3 is 0 Å². The second kappa shape index (κ2) is 8.54. The number of hydrogen-bond donors (Lipinski definition) is 1. The second-order valence-electron chi connectivity index (χ2n) is 6.07. The van der Waals surface area contributed by atoms with E-state index in [9.17, 15) is 0 Å². The van der Waals surface area contributed by atoms with E-state index in [1.807, 2.05) is 0 Å². The summed E-state index contributed by atoms with van der Waals surface area (Å²) in [5.41, 5.74) is 1.27. The Labute approximate surface area is 145 Å². The quantitative estimate of drug-likeness (QED) is 0.601. The van der Waals surface area contributed by atoms with Gasteiger partial charge in [-0.3, -0.25) is 0 Å². The van der Waals surface area contributed by atoms with E-state index in [2.05, 4.69) is 63.2 Å². The van der Waals surface area contributed by atoms with E-state index in [0.29, 0.717) is 6.10 Å². The first-order valence-corrected chi connectivity index (χ1v) is 9.54. The third kappa shape index (κ3) is 5.26. The van der Waals surface area contributed by atoms with Gasteiger partial charge in [0.1, 0.15) is 5.75 Å². The molecular formula is C17H25Br2NO. The molecule has 1 saturated carbocycles. The molecule has 0 amide bonds. The summed E-state index contributed by atoms with van der Waals surface area (Å²) in [5.74, 6) is 1.80. The molecule has 21 heavy (non-hydrogen) atoms. The van der Waals surface area contributed by atoms with Crippen LogP contribution in [0.5, 0.6) is 5.75 Å². The summed E-state index contributed by atoms with van der Waals surface area (Å²) >= 11 is 7.33. The van der Waals surface area contributed by atoms with Gasteiger partial charge in [0, 0.05) is 6.54 Å². The molecule has 0 radical (unpaired) electrons. The van der Waals surface area contributed by atoms with Gasteiger partial charge in [-0.25, -0.2) is 0 Å². The highest BCUT2D eigenvalue weighted by atomic mass is 79.9. The SMILES string of the molecule is CCCNCc1cc(Br)c(OC2CCC(C)CC2)c(Br)c1. The number of hydrogen-bond acceptors (Lipinski definition) is 2. The minimum absolute atomic E-state index is 0.359. The van der Waals surface area contributed by atoms with Crippen LogP contribution < -0.4 is 10.1 Å². The maximum absolute atomic E-state index is 6.23. The van der Waals surface area contributed by atoms with Gasteiger partial charge in [0.2, 0.25) is 0 Å². The molecule has 0 atom stereocenters. The molecular weight excluding hydrogens is 394 g/mol. The molecule has 1 aliphatic rings. The Morgan fingerprint density at radius 2 is 1.76 bits per heavy atom. The third-order valence-electron chi connectivity index (χ3n) is 4.06. The van der Waals surface area contributed by atoms with Crippen LogP contribution in [0, 0.1) is 5.92 Å². The average molecular weight is 419 g/mol. The Hall–Kier alpha value is -0.0600. The van der Waals surface area contributed by atoms with E-state index in [0.717, 1.165) is 40.1 Å². The van der Waals surface area contributed by atoms with Crippen molar-refractivity contribution in [2.45, 2.75) is 58.6 Å². The van der Waals surface area contributed by atoms with Crippen molar-refractivity contribution < 1.29 is 4.74 Å². The molecule has 2 nitrogen and oxygen atoms in total. The van der Waals surface area contributed by atoms with Gasteiger partial charge < -0.3 is 10.1 Å². The molecule has 4 heteroatoms. The molecule has 0 unspecified atom stereocenters. The van der Waals surface area contributed by atoms with Gasteiger partial charge in [-0.1, -0.05) is 13.8 Å². The molecule has 118 valence electrons. The molecule has 1 aliphatic carbocycles. The fourth-order valence-corrected chi connectivity index (χ4v) is 4.22. The van der Waals surface area contributed by atoms with Crippen LogP contribution in [0.25, 0.3) is 0 Å². The highest BCUT2D eigenvalue weighted by Crippen LogP contribution is 2.37. The lowest BCUT2D eigenvalue weighted by atomic mass is 9.89. The fourth-order valence-electron chi connectivity index (χ4n) is 2.75. The van der Waals surface area contributed by atoms with Crippen LogP contribution in [0.3, 0.4) is 0 Å². The molecule has 0 bridgehead atoms. The van der Waals surface area contributed by atoms with Gasteiger partial charge in [0.15, 0.2) is 0 Å². The number of rotatable bonds is 6. The van der Waals surface area contributed by atoms with Crippen LogP contribution in [0.4, 0.5) is 0 Å². The largest absolute Gasteiger partial charge is 0.488 e. The molecule has 0 saturated heterocycles. The Morgan fingerprint density at radius 3 is 2.33 bits per heavy atom. The topological polar surface area (TPSA) is 21.3 Å². The molecule has 0 heterocycles. The molecule has 2 rings (SSSR count). The zero-order chi connectivity index (χ0) is 15.2. The lowest BCUT2D eigenvalue weighted by Gasteiger charge is -2.27. The zero-order valence-electron chi connectivity index (χ0n) is 12.9. The first kappa shape index (κ1) is 17.3. The predicted octanol–water partition coefficient (Wildman–Crippen LogP) is 5.67. The Bertz CT molecular complexity index is 433. The molecule has 1 aromatic rings. The number of halogens is 2. The van der Waals surface area contributed by atoms with E-state index >= 15 is 0 Å². The highest BCUT2D eigenvalue weighted by molar-refractivity contribution is 9.11. The minimum atomic E-state index is 0.359. The summed E-state index contributed by atoms with van der Waals surface area (Å²) in [6, 6.07) is 4.32. The van der Waals surface area contributed by atoms with Crippen molar-refractivity contribution in [3.63, 3.8) is 0 Å². The second-order valence-corrected chi connectivity index (χ2v) is 7.77. The van der Waals surface area contributed by atoms with Gasteiger partial charge in [-0.05, 0) is 94.1 Å². The molecule has 0 aliphatic heterocycles. The summed E-state index contributed by atoms with van der Waals surface area (Å²) in [5, 5.41) is 3.43. The number of ether oxygens (including phenoxy) is 1. The van der Waals surface area contributed by atoms with Crippen molar-refractivity contribution in [1.82, 2.24) is 5.32 Å². The Balaban J connectivity index is 1.99. The van der Waals surface area contributed by atoms with Crippen molar-refractivity contribution in [2.75, 3.05) is 6.54 Å². The first-order valence-electron chi connectivity index (χ1n) is 7.95. The third-order valence-corrected chi connectivity index (χ3v) is 5.24. The molecule has 0 aromatic heterocycles. The molecule has 0 spiro atoms. The van der Waals surface area contributed by atoms with Gasteiger partial charge in [-0.2, -0.15) is 0 Å². The summed E-state index contributed by atoms with van der Waals surface area (Å²) in [6.45, 7) is 6.46. The Morgan fingerprint density at radius 1 is 1.14 bits per heavy atom. The summed E-state index contributed by atoms with van der Waals surface area (Å²) in [6.07, 6.45) is 6.40. The van der Waals surface area contributed by atoms with Crippen molar-refractivity contribution in [1.29, 1.82) is 0 Å². The maximum Gasteiger partial charge on any atom is 0.148 e. The van der Waals surface area contributed by atoms with Crippen LogP contribution in [0.2, 0.25) is 0 Å². The highest BCUT2D eigenvalue weighted by Gasteiger charge is 2.21. The van der Waals surface area contributed by atoms with Gasteiger partial charge in [0.25, 0.3) is 0 Å². The summed E-state index contributed by atoms with van der Waals surface area (Å²) in [4.78, 5) is 0. The van der Waals surface area contributed by atoms with E-state index in [1.165, 1.54) is 31.2 Å².